The van der Waals surface area contributed by atoms with Gasteiger partial charge in [0.25, 0.3) is 5.76 Å². The lowest BCUT2D eigenvalue weighted by molar-refractivity contribution is 0.0550. The standard InChI is InChI=1S/C17H19O7P/c1-20-17(19)16-15(23-10-12-7-5-4-6-8-12)14(18)9-13(24-16)11-25(21-2)22-3/h4-9H,10-11H2,1-3H3. The van der Waals surface area contributed by atoms with Crippen molar-refractivity contribution >= 4 is 14.3 Å². The zero-order chi connectivity index (χ0) is 18.2. The molecule has 25 heavy (non-hydrogen) atoms. The van der Waals surface area contributed by atoms with E-state index in [-0.39, 0.29) is 30.0 Å². The molecule has 0 spiro atoms. The van der Waals surface area contributed by atoms with Gasteiger partial charge in [0.1, 0.15) is 12.4 Å². The second-order valence-electron chi connectivity index (χ2n) is 4.86. The van der Waals surface area contributed by atoms with Gasteiger partial charge in [-0.05, 0) is 5.56 Å². The molecule has 0 saturated carbocycles. The van der Waals surface area contributed by atoms with E-state index >= 15 is 0 Å². The summed E-state index contributed by atoms with van der Waals surface area (Å²) in [5.74, 6) is -0.991. The van der Waals surface area contributed by atoms with Gasteiger partial charge in [-0.1, -0.05) is 30.3 Å². The highest BCUT2D eigenvalue weighted by atomic mass is 31.2. The Hall–Kier alpha value is -2.21. The number of hydrogen-bond acceptors (Lipinski definition) is 7. The lowest BCUT2D eigenvalue weighted by Crippen LogP contribution is -2.15. The number of hydrogen-bond donors (Lipinski definition) is 0. The molecule has 0 aliphatic carbocycles. The lowest BCUT2D eigenvalue weighted by Gasteiger charge is -2.13. The summed E-state index contributed by atoms with van der Waals surface area (Å²) in [6, 6.07) is 10.5. The Morgan fingerprint density at radius 3 is 2.40 bits per heavy atom. The third-order valence-electron chi connectivity index (χ3n) is 3.24. The fourth-order valence-electron chi connectivity index (χ4n) is 2.03. The third kappa shape index (κ3) is 5.13. The van der Waals surface area contributed by atoms with Crippen LogP contribution in [0.2, 0.25) is 0 Å². The zero-order valence-electron chi connectivity index (χ0n) is 14.2. The smallest absolute Gasteiger partial charge is 0.378 e. The van der Waals surface area contributed by atoms with Crippen molar-refractivity contribution in [3.63, 3.8) is 0 Å². The number of benzene rings is 1. The van der Waals surface area contributed by atoms with Crippen molar-refractivity contribution in [2.24, 2.45) is 0 Å². The largest absolute Gasteiger partial charge is 0.481 e. The van der Waals surface area contributed by atoms with Crippen molar-refractivity contribution in [3.05, 3.63) is 63.7 Å². The Balaban J connectivity index is 2.31. The van der Waals surface area contributed by atoms with E-state index in [1.807, 2.05) is 30.3 Å². The summed E-state index contributed by atoms with van der Waals surface area (Å²) in [7, 11) is 2.93. The molecule has 0 bridgehead atoms. The van der Waals surface area contributed by atoms with Crippen LogP contribution in [0.15, 0.2) is 45.6 Å². The normalized spacial score (nSPS) is 10.7. The highest BCUT2D eigenvalue weighted by Gasteiger charge is 2.23. The monoisotopic (exact) mass is 366 g/mol. The Bertz CT molecular complexity index is 753. The molecule has 134 valence electrons. The van der Waals surface area contributed by atoms with Crippen LogP contribution in [0, 0.1) is 0 Å². The Morgan fingerprint density at radius 2 is 1.80 bits per heavy atom. The first-order valence-electron chi connectivity index (χ1n) is 7.36. The molecular formula is C17H19O7P. The summed E-state index contributed by atoms with van der Waals surface area (Å²) in [6.45, 7) is 0.123. The molecule has 7 nitrogen and oxygen atoms in total. The van der Waals surface area contributed by atoms with Gasteiger partial charge in [-0.2, -0.15) is 0 Å². The minimum absolute atomic E-state index is 0.123. The molecule has 2 rings (SSSR count). The van der Waals surface area contributed by atoms with Crippen LogP contribution >= 0.6 is 8.38 Å². The first-order valence-corrected chi connectivity index (χ1v) is 8.73. The van der Waals surface area contributed by atoms with Gasteiger partial charge in [0.15, 0.2) is 8.38 Å². The van der Waals surface area contributed by atoms with Crippen LogP contribution in [-0.4, -0.2) is 27.3 Å². The maximum Gasteiger partial charge on any atom is 0.378 e. The van der Waals surface area contributed by atoms with Gasteiger partial charge in [-0.3, -0.25) is 4.79 Å². The van der Waals surface area contributed by atoms with E-state index in [9.17, 15) is 9.59 Å². The predicted octanol–water partition coefficient (Wildman–Crippen LogP) is 3.11. The quantitative estimate of drug-likeness (QED) is 0.524. The van der Waals surface area contributed by atoms with E-state index < -0.39 is 19.8 Å². The summed E-state index contributed by atoms with van der Waals surface area (Å²) in [5.41, 5.74) is 0.379. The van der Waals surface area contributed by atoms with E-state index in [1.165, 1.54) is 27.4 Å². The number of rotatable bonds is 8. The van der Waals surface area contributed by atoms with E-state index in [4.69, 9.17) is 18.2 Å². The molecule has 1 aromatic carbocycles. The predicted molar refractivity (Wildman–Crippen MR) is 91.7 cm³/mol. The molecule has 0 atom stereocenters. The third-order valence-corrected chi connectivity index (χ3v) is 4.63. The van der Waals surface area contributed by atoms with Gasteiger partial charge in [-0.15, -0.1) is 0 Å². The molecule has 1 heterocycles. The van der Waals surface area contributed by atoms with Crippen molar-refractivity contribution in [1.82, 2.24) is 0 Å². The second kappa shape index (κ2) is 9.32. The minimum atomic E-state index is -1.26. The molecule has 0 N–H and O–H groups in total. The number of methoxy groups -OCH3 is 1. The van der Waals surface area contributed by atoms with Crippen LogP contribution in [0.3, 0.4) is 0 Å². The average molecular weight is 366 g/mol. The van der Waals surface area contributed by atoms with Crippen LogP contribution in [0.1, 0.15) is 21.9 Å². The van der Waals surface area contributed by atoms with Crippen LogP contribution in [0.4, 0.5) is 0 Å². The summed E-state index contributed by atoms with van der Waals surface area (Å²) in [6.07, 6.45) is 0.223. The van der Waals surface area contributed by atoms with Gasteiger partial charge in [0, 0.05) is 20.3 Å². The molecule has 8 heteroatoms. The van der Waals surface area contributed by atoms with E-state index in [1.54, 1.807) is 0 Å². The molecule has 0 unspecified atom stereocenters. The summed E-state index contributed by atoms with van der Waals surface area (Å²) < 4.78 is 26.0. The molecule has 0 aliphatic rings. The Kier molecular flexibility index (Phi) is 7.13. The molecule has 2 aromatic rings. The Morgan fingerprint density at radius 1 is 1.12 bits per heavy atom. The molecule has 1 aromatic heterocycles. The van der Waals surface area contributed by atoms with Crippen molar-refractivity contribution in [2.75, 3.05) is 21.3 Å². The van der Waals surface area contributed by atoms with Crippen molar-refractivity contribution in [3.8, 4) is 5.75 Å². The first-order chi connectivity index (χ1) is 12.1. The van der Waals surface area contributed by atoms with E-state index in [2.05, 4.69) is 4.74 Å². The fraction of sp³-hybridized carbons (Fsp3) is 0.294. The number of carbonyl (C=O) groups is 1. The first kappa shape index (κ1) is 19.1. The van der Waals surface area contributed by atoms with Gasteiger partial charge < -0.3 is 22.9 Å². The maximum atomic E-state index is 12.4. The molecule has 0 amide bonds. The maximum absolute atomic E-state index is 12.4. The molecular weight excluding hydrogens is 347 g/mol. The summed E-state index contributed by atoms with van der Waals surface area (Å²) in [5, 5.41) is 0. The minimum Gasteiger partial charge on any atom is -0.481 e. The van der Waals surface area contributed by atoms with E-state index in [0.29, 0.717) is 0 Å². The molecule has 0 radical (unpaired) electrons. The fourth-order valence-corrected chi connectivity index (χ4v) is 2.85. The lowest BCUT2D eigenvalue weighted by atomic mass is 10.2. The summed E-state index contributed by atoms with van der Waals surface area (Å²) >= 11 is 0. The van der Waals surface area contributed by atoms with Crippen LogP contribution in [-0.2, 0) is 26.6 Å². The van der Waals surface area contributed by atoms with Gasteiger partial charge >= 0.3 is 5.97 Å². The SMILES string of the molecule is COC(=O)c1oc(CP(OC)OC)cc(=O)c1OCc1ccccc1. The van der Waals surface area contributed by atoms with Crippen molar-refractivity contribution in [1.29, 1.82) is 0 Å². The topological polar surface area (TPSA) is 84.2 Å². The average Bonchev–Trinajstić information content (AvgIpc) is 2.65. The highest BCUT2D eigenvalue weighted by molar-refractivity contribution is 7.46. The molecule has 0 saturated heterocycles. The van der Waals surface area contributed by atoms with Gasteiger partial charge in [-0.25, -0.2) is 4.79 Å². The number of ether oxygens (including phenoxy) is 2. The number of carbonyl (C=O) groups excluding carboxylic acids is 1. The van der Waals surface area contributed by atoms with Gasteiger partial charge in [0.2, 0.25) is 11.2 Å². The van der Waals surface area contributed by atoms with Gasteiger partial charge in [0.05, 0.1) is 13.3 Å². The van der Waals surface area contributed by atoms with E-state index in [0.717, 1.165) is 5.56 Å². The van der Waals surface area contributed by atoms with Crippen LogP contribution < -0.4 is 10.2 Å². The Labute approximate surface area is 146 Å². The van der Waals surface area contributed by atoms with Crippen LogP contribution in [0.25, 0.3) is 0 Å². The van der Waals surface area contributed by atoms with Crippen molar-refractivity contribution < 1.29 is 27.7 Å². The van der Waals surface area contributed by atoms with Crippen LogP contribution in [0.5, 0.6) is 5.75 Å². The number of esters is 1. The summed E-state index contributed by atoms with van der Waals surface area (Å²) in [4.78, 5) is 24.4. The molecule has 0 fully saturated rings. The molecule has 0 aliphatic heterocycles. The second-order valence-corrected chi connectivity index (χ2v) is 6.57. The zero-order valence-corrected chi connectivity index (χ0v) is 15.1. The highest BCUT2D eigenvalue weighted by Crippen LogP contribution is 2.40. The van der Waals surface area contributed by atoms with Crippen molar-refractivity contribution in [2.45, 2.75) is 12.8 Å².